The number of sulfonamides is 1. The number of piperidine rings is 1. The van der Waals surface area contributed by atoms with Crippen LogP contribution in [0.5, 0.6) is 0 Å². The molecule has 2 bridgehead atoms. The number of unbranched alkanes of at least 4 members (excludes halogenated alkanes) is 1. The van der Waals surface area contributed by atoms with Gasteiger partial charge in [0.15, 0.2) is 0 Å². The first-order valence-electron chi connectivity index (χ1n) is 30.5. The molecule has 12 rings (SSSR count). The van der Waals surface area contributed by atoms with Crippen molar-refractivity contribution in [2.24, 2.45) is 16.2 Å². The Labute approximate surface area is 521 Å². The summed E-state index contributed by atoms with van der Waals surface area (Å²) in [5, 5.41) is 5.36. The standard InChI is InChI=1S/C65H75F5N8O8S3/c1-62(2)24-22-46(53(37-62)63-41-64(42-63,43-63)61(66)67)38-76-31-33-77(34-32-76)49-15-13-45(14-16-49)58(80)73-89(85,86)51-17-19-54(56(36-51)88(83,84)65(68,69)70)71-48(40-87-50-10-6-3-7-11-50)23-26-75-29-27-74(28-30-75)25-8-4-5-9-44-12-18-52-47(35-44)39-78(60(52)82)55-20-21-57(79)72-59(55)81/h3,6-7,10-19,35-36,48,55,61,71H,4,8,20-34,37-43H2,1-2H3,(H,73,80)(H,72,79,81)/t48-,55?,63?,64?/m1/s1. The molecule has 3 saturated carbocycles. The normalized spacial score (nSPS) is 23.7. The second-order valence-corrected chi connectivity index (χ2v) is 30.5. The Morgan fingerprint density at radius 2 is 1.51 bits per heavy atom. The minimum Gasteiger partial charge on any atom is -0.380 e. The van der Waals surface area contributed by atoms with E-state index in [1.807, 2.05) is 41.1 Å². The number of rotatable bonds is 21. The number of benzene rings is 4. The lowest BCUT2D eigenvalue weighted by Gasteiger charge is -2.72. The van der Waals surface area contributed by atoms with Crippen LogP contribution in [0.1, 0.15) is 116 Å². The SMILES string of the molecule is CC1(C)CCC(CN2CCN(c3ccc(C(=O)NS(=O)(=O)c4ccc(N[C@H](CCN5CCN(CCCC#Cc6ccc7c(c6)CN(C6CCC(=O)NC6=O)C7=O)CC5)CSc5ccccc5)c(S(=O)(=O)C(F)(F)F)c4)cc3)CC2)=C(C23CC(C(F)F)(C2)C3)C1. The molecule has 89 heavy (non-hydrogen) atoms. The minimum atomic E-state index is -6.14. The van der Waals surface area contributed by atoms with Gasteiger partial charge in [-0.25, -0.2) is 30.3 Å². The number of carbonyl (C=O) groups excluding carboxylic acids is 4. The molecule has 16 nitrogen and oxygen atoms in total. The predicted octanol–water partition coefficient (Wildman–Crippen LogP) is 9.34. The van der Waals surface area contributed by atoms with Crippen LogP contribution in [0.25, 0.3) is 0 Å². The van der Waals surface area contributed by atoms with Crippen molar-refractivity contribution in [3.63, 3.8) is 0 Å². The van der Waals surface area contributed by atoms with Crippen molar-refractivity contribution in [1.82, 2.24) is 29.6 Å². The highest BCUT2D eigenvalue weighted by Crippen LogP contribution is 2.79. The number of hydrogen-bond donors (Lipinski definition) is 3. The number of sulfone groups is 1. The van der Waals surface area contributed by atoms with Crippen molar-refractivity contribution >= 4 is 66.6 Å². The molecule has 3 saturated heterocycles. The molecule has 6 fully saturated rings. The number of alkyl halides is 5. The Balaban J connectivity index is 0.679. The topological polar surface area (TPSA) is 189 Å². The molecule has 4 amide bonds. The van der Waals surface area contributed by atoms with Crippen LogP contribution >= 0.6 is 11.8 Å². The Bertz CT molecular complexity index is 3670. The van der Waals surface area contributed by atoms with Crippen molar-refractivity contribution in [1.29, 1.82) is 0 Å². The summed E-state index contributed by atoms with van der Waals surface area (Å²) in [5.41, 5.74) is -1.31. The van der Waals surface area contributed by atoms with E-state index in [2.05, 4.69) is 55.9 Å². The van der Waals surface area contributed by atoms with Crippen LogP contribution in [-0.2, 0) is 36.0 Å². The smallest absolute Gasteiger partial charge is 0.380 e. The first-order valence-corrected chi connectivity index (χ1v) is 34.5. The van der Waals surface area contributed by atoms with Crippen LogP contribution in [0, 0.1) is 28.1 Å². The number of anilines is 2. The van der Waals surface area contributed by atoms with E-state index >= 15 is 0 Å². The van der Waals surface area contributed by atoms with Crippen molar-refractivity contribution in [2.45, 2.75) is 130 Å². The quantitative estimate of drug-likeness (QED) is 0.0179. The van der Waals surface area contributed by atoms with Crippen LogP contribution in [0.4, 0.5) is 33.3 Å². The molecule has 2 atom stereocenters. The maximum absolute atomic E-state index is 14.5. The molecule has 0 spiro atoms. The van der Waals surface area contributed by atoms with Gasteiger partial charge in [0, 0.05) is 129 Å². The van der Waals surface area contributed by atoms with Gasteiger partial charge >= 0.3 is 5.51 Å². The number of nitrogens with zero attached hydrogens (tertiary/aromatic N) is 5. The van der Waals surface area contributed by atoms with Gasteiger partial charge in [0.2, 0.25) is 18.2 Å². The largest absolute Gasteiger partial charge is 0.501 e. The van der Waals surface area contributed by atoms with Crippen molar-refractivity contribution < 1.29 is 58.0 Å². The monoisotopic (exact) mass is 1290 g/mol. The summed E-state index contributed by atoms with van der Waals surface area (Å²) in [6, 6.07) is 22.1. The first kappa shape index (κ1) is 64.2. The molecular weight excluding hydrogens is 1210 g/mol. The molecule has 1 unspecified atom stereocenters. The molecule has 24 heteroatoms. The number of halogens is 5. The lowest BCUT2D eigenvalue weighted by molar-refractivity contribution is -0.250. The predicted molar refractivity (Wildman–Crippen MR) is 329 cm³/mol. The minimum absolute atomic E-state index is 0.0427. The second kappa shape index (κ2) is 25.7. The first-order chi connectivity index (χ1) is 42.3. The molecule has 8 aliphatic rings. The summed E-state index contributed by atoms with van der Waals surface area (Å²) in [4.78, 5) is 60.1. The summed E-state index contributed by atoms with van der Waals surface area (Å²) in [6.45, 7) is 12.7. The molecule has 4 aliphatic carbocycles. The van der Waals surface area contributed by atoms with E-state index in [1.165, 1.54) is 39.9 Å². The van der Waals surface area contributed by atoms with Crippen LogP contribution in [-0.4, -0.2) is 162 Å². The summed E-state index contributed by atoms with van der Waals surface area (Å²) < 4.78 is 127. The second-order valence-electron chi connectivity index (χ2n) is 25.9. The molecule has 0 radical (unpaired) electrons. The van der Waals surface area contributed by atoms with Crippen molar-refractivity contribution in [3.05, 3.63) is 124 Å². The van der Waals surface area contributed by atoms with Gasteiger partial charge in [0.1, 0.15) is 10.9 Å². The third-order valence-corrected chi connectivity index (χ3v) is 23.1. The molecule has 4 aliphatic heterocycles. The van der Waals surface area contributed by atoms with Crippen molar-refractivity contribution in [3.8, 4) is 11.8 Å². The molecule has 4 aromatic carbocycles. The van der Waals surface area contributed by atoms with Gasteiger partial charge in [0.05, 0.1) is 10.6 Å². The van der Waals surface area contributed by atoms with Crippen molar-refractivity contribution in [2.75, 3.05) is 88.0 Å². The van der Waals surface area contributed by atoms with E-state index in [0.29, 0.717) is 82.2 Å². The highest BCUT2D eigenvalue weighted by molar-refractivity contribution is 7.99. The number of imide groups is 1. The van der Waals surface area contributed by atoms with E-state index < -0.39 is 76.6 Å². The average molecular weight is 1290 g/mol. The third-order valence-electron chi connectivity index (χ3n) is 19.1. The highest BCUT2D eigenvalue weighted by atomic mass is 32.2. The number of thioether (sulfide) groups is 1. The Kier molecular flexibility index (Phi) is 18.6. The lowest BCUT2D eigenvalue weighted by atomic mass is 9.32. The zero-order valence-electron chi connectivity index (χ0n) is 50.0. The summed E-state index contributed by atoms with van der Waals surface area (Å²) in [5.74, 6) is 4.64. The lowest BCUT2D eigenvalue weighted by Crippen LogP contribution is -2.66. The Hall–Kier alpha value is -6.36. The van der Waals surface area contributed by atoms with Crippen LogP contribution in [0.15, 0.2) is 117 Å². The van der Waals surface area contributed by atoms with Gasteiger partial charge in [-0.15, -0.1) is 11.8 Å². The molecule has 3 N–H and O–H groups in total. The molecule has 4 heterocycles. The van der Waals surface area contributed by atoms with E-state index in [9.17, 15) is 58.0 Å². The summed E-state index contributed by atoms with van der Waals surface area (Å²) >= 11 is 1.43. The van der Waals surface area contributed by atoms with Gasteiger partial charge in [0.25, 0.3) is 31.7 Å². The van der Waals surface area contributed by atoms with Gasteiger partial charge in [-0.1, -0.05) is 55.0 Å². The zero-order valence-corrected chi connectivity index (χ0v) is 52.4. The van der Waals surface area contributed by atoms with Crippen LogP contribution in [0.2, 0.25) is 0 Å². The van der Waals surface area contributed by atoms with E-state index in [4.69, 9.17) is 0 Å². The molecule has 476 valence electrons. The van der Waals surface area contributed by atoms with Gasteiger partial charge < -0.3 is 24.9 Å². The van der Waals surface area contributed by atoms with E-state index in [0.717, 1.165) is 98.8 Å². The van der Waals surface area contributed by atoms with E-state index in [1.54, 1.807) is 24.3 Å². The summed E-state index contributed by atoms with van der Waals surface area (Å²) in [6.07, 6.45) is 4.77. The number of carbonyl (C=O) groups is 4. The van der Waals surface area contributed by atoms with Gasteiger partial charge in [-0.05, 0) is 154 Å². The number of hydrogen-bond acceptors (Lipinski definition) is 14. The number of piperazine rings is 2. The molecule has 0 aromatic heterocycles. The third kappa shape index (κ3) is 14.1. The van der Waals surface area contributed by atoms with Gasteiger partial charge in [-0.3, -0.25) is 29.4 Å². The highest BCUT2D eigenvalue weighted by Gasteiger charge is 2.73. The van der Waals surface area contributed by atoms with Crippen LogP contribution in [0.3, 0.4) is 0 Å². The Morgan fingerprint density at radius 3 is 2.18 bits per heavy atom. The fraction of sp³-hybridized carbons (Fsp3) is 0.508. The van der Waals surface area contributed by atoms with Crippen LogP contribution < -0.4 is 20.3 Å². The maximum Gasteiger partial charge on any atom is 0.501 e. The number of amides is 4. The average Bonchev–Trinajstić information content (AvgIpc) is 1.43. The number of nitrogens with one attached hydrogen (secondary N) is 3. The molecular formula is C65H75F5N8O8S3. The number of allylic oxidation sites excluding steroid dienone is 1. The fourth-order valence-electron chi connectivity index (χ4n) is 14.0. The summed E-state index contributed by atoms with van der Waals surface area (Å²) in [7, 11) is -11.1. The maximum atomic E-state index is 14.5. The zero-order chi connectivity index (χ0) is 63.1. The fourth-order valence-corrected chi connectivity index (χ4v) is 17.0. The van der Waals surface area contributed by atoms with E-state index in [-0.39, 0.29) is 47.6 Å². The van der Waals surface area contributed by atoms with Gasteiger partial charge in [-0.2, -0.15) is 13.2 Å². The number of fused-ring (bicyclic) bond motifs is 1. The molecule has 4 aromatic rings. The Morgan fingerprint density at radius 1 is 0.820 bits per heavy atom.